The van der Waals surface area contributed by atoms with E-state index in [0.717, 1.165) is 35.1 Å². The van der Waals surface area contributed by atoms with Gasteiger partial charge in [-0.25, -0.2) is 9.97 Å². The zero-order valence-electron chi connectivity index (χ0n) is 13.2. The van der Waals surface area contributed by atoms with Gasteiger partial charge < -0.3 is 19.2 Å². The van der Waals surface area contributed by atoms with Gasteiger partial charge in [0.05, 0.1) is 17.1 Å². The van der Waals surface area contributed by atoms with E-state index in [4.69, 9.17) is 4.42 Å². The number of carboxylic acid groups (broad SMARTS) is 1. The van der Waals surface area contributed by atoms with Gasteiger partial charge >= 0.3 is 0 Å². The Kier molecular flexibility index (Phi) is 4.46. The molecule has 0 amide bonds. The Morgan fingerprint density at radius 1 is 1.32 bits per heavy atom. The minimum atomic E-state index is -1.18. The molecule has 3 aromatic heterocycles. The Labute approximate surface area is 152 Å². The lowest BCUT2D eigenvalue weighted by Crippen LogP contribution is -2.24. The molecule has 1 aliphatic rings. The molecule has 0 aromatic carbocycles. The third-order valence-corrected chi connectivity index (χ3v) is 5.51. The maximum absolute atomic E-state index is 11.0. The highest BCUT2D eigenvalue weighted by atomic mass is 32.2. The molecule has 6 nitrogen and oxygen atoms in total. The molecule has 25 heavy (non-hydrogen) atoms. The topological polar surface area (TPSA) is 82.3 Å². The number of thiophene rings is 1. The van der Waals surface area contributed by atoms with E-state index in [9.17, 15) is 9.90 Å². The Morgan fingerprint density at radius 3 is 2.88 bits per heavy atom. The fourth-order valence-electron chi connectivity index (χ4n) is 2.65. The van der Waals surface area contributed by atoms with E-state index in [1.165, 1.54) is 11.3 Å². The van der Waals surface area contributed by atoms with E-state index in [1.807, 2.05) is 40.7 Å². The van der Waals surface area contributed by atoms with Gasteiger partial charge in [0.2, 0.25) is 5.89 Å². The Bertz CT molecular complexity index is 869. The lowest BCUT2D eigenvalue weighted by atomic mass is 10.2. The van der Waals surface area contributed by atoms with E-state index in [-0.39, 0.29) is 6.42 Å². The van der Waals surface area contributed by atoms with Crippen molar-refractivity contribution in [3.05, 3.63) is 40.8 Å². The van der Waals surface area contributed by atoms with Gasteiger partial charge in [-0.1, -0.05) is 0 Å². The van der Waals surface area contributed by atoms with Crippen molar-refractivity contribution in [2.45, 2.75) is 6.42 Å². The number of aromatic nitrogens is 2. The Hall–Kier alpha value is -2.32. The predicted octanol–water partition coefficient (Wildman–Crippen LogP) is 2.27. The van der Waals surface area contributed by atoms with Crippen molar-refractivity contribution in [2.24, 2.45) is 0 Å². The number of carbonyl (C=O) groups excluding carboxylic acids is 1. The van der Waals surface area contributed by atoms with Crippen LogP contribution in [0.3, 0.4) is 0 Å². The minimum absolute atomic E-state index is 0.287. The number of anilines is 1. The number of pyridine rings is 1. The van der Waals surface area contributed by atoms with Gasteiger partial charge in [0.1, 0.15) is 5.82 Å². The average molecular weight is 372 g/mol. The molecule has 8 heteroatoms. The molecule has 128 valence electrons. The fraction of sp³-hybridized carbons (Fsp3) is 0.235. The van der Waals surface area contributed by atoms with Gasteiger partial charge in [0, 0.05) is 41.8 Å². The predicted molar refractivity (Wildman–Crippen MR) is 96.4 cm³/mol. The Balaban J connectivity index is 1.66. The smallest absolute Gasteiger partial charge is 0.228 e. The van der Waals surface area contributed by atoms with Gasteiger partial charge in [-0.3, -0.25) is 0 Å². The summed E-state index contributed by atoms with van der Waals surface area (Å²) in [5.41, 5.74) is 1.91. The average Bonchev–Trinajstić information content (AvgIpc) is 3.36. The first-order valence-electron chi connectivity index (χ1n) is 7.72. The quantitative estimate of drug-likeness (QED) is 0.679. The zero-order valence-corrected chi connectivity index (χ0v) is 14.8. The molecule has 1 aliphatic heterocycles. The number of thioether (sulfide) groups is 1. The van der Waals surface area contributed by atoms with Gasteiger partial charge in [-0.2, -0.15) is 11.3 Å². The first kappa shape index (κ1) is 16.2. The van der Waals surface area contributed by atoms with Gasteiger partial charge in [-0.15, -0.1) is 11.8 Å². The van der Waals surface area contributed by atoms with Crippen molar-refractivity contribution in [3.8, 4) is 22.8 Å². The van der Waals surface area contributed by atoms with Crippen molar-refractivity contribution in [1.82, 2.24) is 9.97 Å². The van der Waals surface area contributed by atoms with E-state index < -0.39 is 5.97 Å². The third-order valence-electron chi connectivity index (χ3n) is 3.86. The van der Waals surface area contributed by atoms with Crippen LogP contribution in [0.15, 0.2) is 39.6 Å². The van der Waals surface area contributed by atoms with Crippen LogP contribution in [-0.4, -0.2) is 34.1 Å². The van der Waals surface area contributed by atoms with E-state index in [0.29, 0.717) is 17.3 Å². The lowest BCUT2D eigenvalue weighted by molar-refractivity contribution is -0.304. The summed E-state index contributed by atoms with van der Waals surface area (Å²) in [6, 6.07) is 5.71. The highest BCUT2D eigenvalue weighted by Gasteiger charge is 2.18. The summed E-state index contributed by atoms with van der Waals surface area (Å²) in [5, 5.41) is 14.8. The van der Waals surface area contributed by atoms with Crippen LogP contribution in [0.4, 0.5) is 5.82 Å². The first-order chi connectivity index (χ1) is 12.2. The molecule has 4 heterocycles. The highest BCUT2D eigenvalue weighted by molar-refractivity contribution is 7.99. The van der Waals surface area contributed by atoms with Crippen LogP contribution < -0.4 is 10.0 Å². The number of aliphatic carboxylic acids is 1. The maximum Gasteiger partial charge on any atom is 0.228 e. The van der Waals surface area contributed by atoms with Crippen LogP contribution in [0.25, 0.3) is 22.8 Å². The first-order valence-corrected chi connectivity index (χ1v) is 9.81. The largest absolute Gasteiger partial charge is 0.550 e. The number of carboxylic acids is 1. The van der Waals surface area contributed by atoms with Crippen LogP contribution in [0.5, 0.6) is 0 Å². The molecule has 0 unspecified atom stereocenters. The monoisotopic (exact) mass is 372 g/mol. The number of rotatable bonds is 5. The number of carbonyl (C=O) groups is 1. The van der Waals surface area contributed by atoms with Crippen molar-refractivity contribution in [2.75, 3.05) is 23.1 Å². The molecule has 0 radical (unpaired) electrons. The lowest BCUT2D eigenvalue weighted by Gasteiger charge is -2.14. The van der Waals surface area contributed by atoms with Gasteiger partial charge in [-0.05, 0) is 23.6 Å². The molecule has 1 fully saturated rings. The minimum Gasteiger partial charge on any atom is -0.550 e. The maximum atomic E-state index is 11.0. The highest BCUT2D eigenvalue weighted by Crippen LogP contribution is 2.32. The Morgan fingerprint density at radius 2 is 2.24 bits per heavy atom. The molecule has 3 aromatic rings. The summed E-state index contributed by atoms with van der Waals surface area (Å²) >= 11 is 3.39. The summed E-state index contributed by atoms with van der Waals surface area (Å²) in [7, 11) is 0. The second kappa shape index (κ2) is 6.89. The van der Waals surface area contributed by atoms with E-state index in [1.54, 1.807) is 6.20 Å². The molecular weight excluding hydrogens is 358 g/mol. The number of hydrogen-bond donors (Lipinski definition) is 0. The molecule has 0 spiro atoms. The van der Waals surface area contributed by atoms with Crippen LogP contribution in [0, 0.1) is 0 Å². The van der Waals surface area contributed by atoms with Crippen molar-refractivity contribution in [1.29, 1.82) is 0 Å². The van der Waals surface area contributed by atoms with Crippen molar-refractivity contribution < 1.29 is 14.3 Å². The molecule has 0 aliphatic carbocycles. The molecule has 0 saturated carbocycles. The van der Waals surface area contributed by atoms with Crippen LogP contribution in [0.2, 0.25) is 0 Å². The SMILES string of the molecule is O=C([O-])Cc1nc(-c2ccc(N3CCSC3)nc2)oc1-c1ccsc1. The van der Waals surface area contributed by atoms with Crippen molar-refractivity contribution in [3.63, 3.8) is 0 Å². The van der Waals surface area contributed by atoms with Gasteiger partial charge in [0.25, 0.3) is 0 Å². The summed E-state index contributed by atoms with van der Waals surface area (Å²) in [4.78, 5) is 22.1. The normalized spacial score (nSPS) is 14.2. The van der Waals surface area contributed by atoms with E-state index >= 15 is 0 Å². The van der Waals surface area contributed by atoms with Crippen LogP contribution in [-0.2, 0) is 11.2 Å². The number of hydrogen-bond acceptors (Lipinski definition) is 8. The molecular formula is C17H14N3O3S2-. The third kappa shape index (κ3) is 3.40. The van der Waals surface area contributed by atoms with Crippen LogP contribution in [0.1, 0.15) is 5.69 Å². The second-order valence-corrected chi connectivity index (χ2v) is 7.42. The molecule has 0 N–H and O–H groups in total. The number of oxazole rings is 1. The fourth-order valence-corrected chi connectivity index (χ4v) is 4.24. The standard InChI is InChI=1S/C17H15N3O3S2/c21-15(22)7-13-16(12-3-5-24-9-12)23-17(19-13)11-1-2-14(18-8-11)20-4-6-25-10-20/h1-3,5,8-9H,4,6-7,10H2,(H,21,22)/p-1. The van der Waals surface area contributed by atoms with E-state index in [2.05, 4.69) is 14.9 Å². The van der Waals surface area contributed by atoms with Crippen LogP contribution >= 0.6 is 23.1 Å². The summed E-state index contributed by atoms with van der Waals surface area (Å²) in [6.07, 6.45) is 1.43. The molecule has 4 rings (SSSR count). The zero-order chi connectivity index (χ0) is 17.2. The summed E-state index contributed by atoms with van der Waals surface area (Å²) in [6.45, 7) is 0.994. The van der Waals surface area contributed by atoms with Gasteiger partial charge in [0.15, 0.2) is 5.76 Å². The number of nitrogens with zero attached hydrogens (tertiary/aromatic N) is 3. The molecule has 0 bridgehead atoms. The van der Waals surface area contributed by atoms with Crippen molar-refractivity contribution >= 4 is 34.9 Å². The summed E-state index contributed by atoms with van der Waals surface area (Å²) < 4.78 is 5.86. The molecule has 1 saturated heterocycles. The summed E-state index contributed by atoms with van der Waals surface area (Å²) in [5.74, 6) is 2.64. The second-order valence-electron chi connectivity index (χ2n) is 5.56. The molecule has 0 atom stereocenters.